The van der Waals surface area contributed by atoms with Crippen molar-refractivity contribution in [2.45, 2.75) is 43.1 Å². The van der Waals surface area contributed by atoms with E-state index in [-0.39, 0.29) is 43.5 Å². The molecule has 3 fully saturated rings. The molecule has 3 aliphatic rings. The fraction of sp³-hybridized carbons (Fsp3) is 0.400. The zero-order valence-electron chi connectivity index (χ0n) is 15.4. The minimum absolute atomic E-state index is 0. The second-order valence-electron chi connectivity index (χ2n) is 7.63. The highest BCUT2D eigenvalue weighted by Crippen LogP contribution is 2.45. The number of piperidine rings is 2. The summed E-state index contributed by atoms with van der Waals surface area (Å²) in [6.07, 6.45) is 1.79. The van der Waals surface area contributed by atoms with E-state index in [0.29, 0.717) is 11.1 Å². The lowest BCUT2D eigenvalue weighted by Gasteiger charge is -2.55. The number of alkyl halides is 1. The summed E-state index contributed by atoms with van der Waals surface area (Å²) in [6, 6.07) is 13.0. The fourth-order valence-electron chi connectivity index (χ4n) is 4.30. The van der Waals surface area contributed by atoms with Crippen LogP contribution in [0, 0.1) is 5.82 Å². The van der Waals surface area contributed by atoms with Gasteiger partial charge in [0.1, 0.15) is 11.5 Å². The second kappa shape index (κ2) is 7.71. The van der Waals surface area contributed by atoms with Crippen LogP contribution in [0.15, 0.2) is 48.5 Å². The lowest BCUT2D eigenvalue weighted by molar-refractivity contribution is -0.0567. The first-order chi connectivity index (χ1) is 12.8. The van der Waals surface area contributed by atoms with Crippen LogP contribution in [0.3, 0.4) is 0 Å². The van der Waals surface area contributed by atoms with Gasteiger partial charge in [0, 0.05) is 17.6 Å². The minimum Gasteiger partial charge on any atom is -0.309 e. The molecular weight excluding hydrogens is 406 g/mol. The summed E-state index contributed by atoms with van der Waals surface area (Å²) in [7, 11) is -3.58. The number of benzene rings is 2. The summed E-state index contributed by atoms with van der Waals surface area (Å²) in [5.41, 5.74) is 0.122. The SMILES string of the molecule is CS(=O)(=O)N[C@@H]1[C@H](Cc2cccc(-c3ccccc3)c2F)NC2CC1(F)C2.Cl. The summed E-state index contributed by atoms with van der Waals surface area (Å²) in [5.74, 6) is -0.351. The van der Waals surface area contributed by atoms with E-state index in [1.165, 1.54) is 0 Å². The molecule has 8 heteroatoms. The van der Waals surface area contributed by atoms with Crippen LogP contribution < -0.4 is 10.0 Å². The Morgan fingerprint density at radius 2 is 1.82 bits per heavy atom. The standard InChI is InChI=1S/C20H22F2N2O2S.ClH/c1-27(25,26)24-19-17(23-15-11-20(19,22)12-15)10-14-8-5-9-16(18(14)21)13-6-3-2-4-7-13;/h2-9,15,17,19,23-24H,10-12H2,1H3;1H/t15?,17-,19+,20?;/m0./s1. The summed E-state index contributed by atoms with van der Waals surface area (Å²) in [6.45, 7) is 0. The topological polar surface area (TPSA) is 58.2 Å². The van der Waals surface area contributed by atoms with Crippen molar-refractivity contribution in [1.29, 1.82) is 0 Å². The van der Waals surface area contributed by atoms with E-state index in [1.807, 2.05) is 30.3 Å². The Balaban J connectivity index is 0.00000225. The van der Waals surface area contributed by atoms with E-state index in [1.54, 1.807) is 18.2 Å². The predicted molar refractivity (Wildman–Crippen MR) is 108 cm³/mol. The van der Waals surface area contributed by atoms with Gasteiger partial charge in [-0.25, -0.2) is 21.9 Å². The molecule has 0 aromatic heterocycles. The highest BCUT2D eigenvalue weighted by Gasteiger charge is 2.58. The highest BCUT2D eigenvalue weighted by molar-refractivity contribution is 7.88. The van der Waals surface area contributed by atoms with Gasteiger partial charge in [-0.15, -0.1) is 12.4 Å². The molecule has 2 atom stereocenters. The maximum absolute atomic E-state index is 15.1. The summed E-state index contributed by atoms with van der Waals surface area (Å²) in [4.78, 5) is 0. The number of halogens is 3. The molecule has 2 heterocycles. The van der Waals surface area contributed by atoms with E-state index < -0.39 is 27.8 Å². The molecule has 5 rings (SSSR count). The zero-order chi connectivity index (χ0) is 19.2. The van der Waals surface area contributed by atoms with Crippen LogP contribution in [0.2, 0.25) is 0 Å². The Morgan fingerprint density at radius 1 is 1.14 bits per heavy atom. The molecule has 28 heavy (non-hydrogen) atoms. The smallest absolute Gasteiger partial charge is 0.209 e. The molecule has 2 aliphatic heterocycles. The Labute approximate surface area is 170 Å². The van der Waals surface area contributed by atoms with Crippen LogP contribution in [-0.4, -0.2) is 38.5 Å². The van der Waals surface area contributed by atoms with E-state index in [2.05, 4.69) is 10.0 Å². The first kappa shape index (κ1) is 21.2. The van der Waals surface area contributed by atoms with Crippen molar-refractivity contribution in [2.75, 3.05) is 6.26 Å². The molecule has 2 aromatic rings. The molecule has 2 bridgehead atoms. The normalized spacial score (nSPS) is 28.9. The van der Waals surface area contributed by atoms with E-state index >= 15 is 8.78 Å². The summed E-state index contributed by atoms with van der Waals surface area (Å²) >= 11 is 0. The van der Waals surface area contributed by atoms with Crippen molar-refractivity contribution in [1.82, 2.24) is 10.0 Å². The third kappa shape index (κ3) is 4.08. The van der Waals surface area contributed by atoms with E-state index in [4.69, 9.17) is 0 Å². The van der Waals surface area contributed by atoms with Crippen LogP contribution in [0.25, 0.3) is 11.1 Å². The molecule has 2 aromatic carbocycles. The summed E-state index contributed by atoms with van der Waals surface area (Å²) < 4.78 is 56.1. The zero-order valence-corrected chi connectivity index (χ0v) is 17.0. The third-order valence-electron chi connectivity index (χ3n) is 5.53. The van der Waals surface area contributed by atoms with Crippen LogP contribution in [0.1, 0.15) is 18.4 Å². The van der Waals surface area contributed by atoms with Gasteiger partial charge in [0.25, 0.3) is 0 Å². The average molecular weight is 429 g/mol. The largest absolute Gasteiger partial charge is 0.309 e. The van der Waals surface area contributed by atoms with E-state index in [9.17, 15) is 8.42 Å². The van der Waals surface area contributed by atoms with Crippen LogP contribution >= 0.6 is 12.4 Å². The van der Waals surface area contributed by atoms with Crippen molar-refractivity contribution >= 4 is 22.4 Å². The van der Waals surface area contributed by atoms with E-state index in [0.717, 1.165) is 11.8 Å². The number of fused-ring (bicyclic) bond motifs is 2. The quantitative estimate of drug-likeness (QED) is 0.768. The first-order valence-electron chi connectivity index (χ1n) is 9.00. The molecule has 0 spiro atoms. The molecule has 1 saturated carbocycles. The number of nitrogens with one attached hydrogen (secondary N) is 2. The van der Waals surface area contributed by atoms with Gasteiger partial charge in [-0.1, -0.05) is 48.5 Å². The summed E-state index contributed by atoms with van der Waals surface area (Å²) in [5, 5.41) is 3.28. The third-order valence-corrected chi connectivity index (χ3v) is 6.21. The van der Waals surface area contributed by atoms with Crippen molar-refractivity contribution in [3.05, 3.63) is 59.9 Å². The molecule has 0 unspecified atom stereocenters. The Hall–Kier alpha value is -1.54. The molecule has 4 nitrogen and oxygen atoms in total. The Bertz CT molecular complexity index is 950. The molecule has 1 aliphatic carbocycles. The number of sulfonamides is 1. The number of hydrogen-bond donors (Lipinski definition) is 2. The number of rotatable bonds is 5. The first-order valence-corrected chi connectivity index (χ1v) is 10.9. The van der Waals surface area contributed by atoms with Gasteiger partial charge in [0.05, 0.1) is 12.3 Å². The second-order valence-corrected chi connectivity index (χ2v) is 9.41. The van der Waals surface area contributed by atoms with Crippen molar-refractivity contribution < 1.29 is 17.2 Å². The molecule has 152 valence electrons. The van der Waals surface area contributed by atoms with Gasteiger partial charge in [-0.3, -0.25) is 0 Å². The molecule has 2 N–H and O–H groups in total. The van der Waals surface area contributed by atoms with Gasteiger partial charge in [0.15, 0.2) is 0 Å². The van der Waals surface area contributed by atoms with Gasteiger partial charge in [-0.05, 0) is 30.4 Å². The highest BCUT2D eigenvalue weighted by atomic mass is 35.5. The maximum Gasteiger partial charge on any atom is 0.209 e. The van der Waals surface area contributed by atoms with Crippen molar-refractivity contribution in [2.24, 2.45) is 0 Å². The van der Waals surface area contributed by atoms with Crippen LogP contribution in [0.4, 0.5) is 8.78 Å². The van der Waals surface area contributed by atoms with Gasteiger partial charge in [0.2, 0.25) is 10.0 Å². The fourth-order valence-corrected chi connectivity index (χ4v) is 5.14. The minimum atomic E-state index is -3.58. The average Bonchev–Trinajstić information content (AvgIpc) is 2.58. The molecule has 0 radical (unpaired) electrons. The van der Waals surface area contributed by atoms with Crippen LogP contribution in [0.5, 0.6) is 0 Å². The van der Waals surface area contributed by atoms with Gasteiger partial charge in [-0.2, -0.15) is 0 Å². The Morgan fingerprint density at radius 3 is 2.46 bits per heavy atom. The monoisotopic (exact) mass is 428 g/mol. The Kier molecular flexibility index (Phi) is 5.83. The van der Waals surface area contributed by atoms with Crippen molar-refractivity contribution in [3.8, 4) is 11.1 Å². The lowest BCUT2D eigenvalue weighted by atomic mass is 9.65. The van der Waals surface area contributed by atoms with Gasteiger partial charge >= 0.3 is 0 Å². The number of hydrogen-bond acceptors (Lipinski definition) is 3. The van der Waals surface area contributed by atoms with Gasteiger partial charge < -0.3 is 5.32 Å². The molecule has 2 saturated heterocycles. The van der Waals surface area contributed by atoms with Crippen molar-refractivity contribution in [3.63, 3.8) is 0 Å². The van der Waals surface area contributed by atoms with Crippen LogP contribution in [-0.2, 0) is 16.4 Å². The molecule has 0 amide bonds. The predicted octanol–water partition coefficient (Wildman–Crippen LogP) is 3.22. The lowest BCUT2D eigenvalue weighted by Crippen LogP contribution is -2.75. The molecular formula is C20H23ClF2N2O2S. The maximum atomic E-state index is 15.1.